The number of anilines is 2. The van der Waals surface area contributed by atoms with Crippen molar-refractivity contribution < 1.29 is 19.5 Å². The minimum absolute atomic E-state index is 0.0301. The predicted molar refractivity (Wildman–Crippen MR) is 66.2 cm³/mol. The van der Waals surface area contributed by atoms with E-state index in [1.165, 1.54) is 12.1 Å². The molecule has 0 radical (unpaired) electrons. The summed E-state index contributed by atoms with van der Waals surface area (Å²) in [6.45, 7) is -0.716. The first-order valence-electron chi connectivity index (χ1n) is 5.12. The SMILES string of the molecule is NC(=O)CN(CC(N)=O)c1nc(C(=O)O)ccc1N. The first-order chi connectivity index (χ1) is 8.81. The highest BCUT2D eigenvalue weighted by Crippen LogP contribution is 2.20. The highest BCUT2D eigenvalue weighted by atomic mass is 16.4. The molecule has 2 amide bonds. The van der Waals surface area contributed by atoms with E-state index in [9.17, 15) is 14.4 Å². The Kier molecular flexibility index (Phi) is 4.24. The fraction of sp³-hybridized carbons (Fsp3) is 0.200. The average Bonchev–Trinajstić information content (AvgIpc) is 2.27. The molecule has 0 spiro atoms. The molecule has 102 valence electrons. The molecule has 7 N–H and O–H groups in total. The Bertz CT molecular complexity index is 515. The number of hydrogen-bond acceptors (Lipinski definition) is 6. The lowest BCUT2D eigenvalue weighted by atomic mass is 10.3. The lowest BCUT2D eigenvalue weighted by molar-refractivity contribution is -0.117. The molecule has 0 aliphatic heterocycles. The van der Waals surface area contributed by atoms with Crippen LogP contribution in [0.15, 0.2) is 12.1 Å². The first kappa shape index (κ1) is 14.2. The smallest absolute Gasteiger partial charge is 0.354 e. The van der Waals surface area contributed by atoms with Gasteiger partial charge in [-0.3, -0.25) is 9.59 Å². The third-order valence-corrected chi connectivity index (χ3v) is 2.12. The van der Waals surface area contributed by atoms with E-state index in [0.717, 1.165) is 4.90 Å². The summed E-state index contributed by atoms with van der Waals surface area (Å²) < 4.78 is 0. The number of amides is 2. The molecule has 19 heavy (non-hydrogen) atoms. The number of aromatic nitrogens is 1. The van der Waals surface area contributed by atoms with E-state index in [-0.39, 0.29) is 30.3 Å². The van der Waals surface area contributed by atoms with Crippen LogP contribution in [0.2, 0.25) is 0 Å². The second-order valence-electron chi connectivity index (χ2n) is 3.70. The molecule has 0 bridgehead atoms. The van der Waals surface area contributed by atoms with Gasteiger partial charge in [0.05, 0.1) is 18.8 Å². The van der Waals surface area contributed by atoms with Crippen LogP contribution >= 0.6 is 0 Å². The van der Waals surface area contributed by atoms with Crippen LogP contribution in [0.4, 0.5) is 11.5 Å². The van der Waals surface area contributed by atoms with Crippen LogP contribution in [0, 0.1) is 0 Å². The van der Waals surface area contributed by atoms with E-state index in [1.807, 2.05) is 0 Å². The molecule has 0 aromatic carbocycles. The molecule has 0 aliphatic rings. The van der Waals surface area contributed by atoms with Crippen molar-refractivity contribution in [3.8, 4) is 0 Å². The maximum atomic E-state index is 10.9. The number of nitrogens with two attached hydrogens (primary N) is 3. The zero-order valence-corrected chi connectivity index (χ0v) is 9.87. The summed E-state index contributed by atoms with van der Waals surface area (Å²) in [4.78, 5) is 37.6. The Balaban J connectivity index is 3.19. The third-order valence-electron chi connectivity index (χ3n) is 2.12. The van der Waals surface area contributed by atoms with Crippen LogP contribution in [0.5, 0.6) is 0 Å². The van der Waals surface area contributed by atoms with Gasteiger partial charge in [0, 0.05) is 0 Å². The second-order valence-corrected chi connectivity index (χ2v) is 3.70. The quantitative estimate of drug-likeness (QED) is 0.468. The molecule has 1 rings (SSSR count). The number of aromatic carboxylic acids is 1. The number of nitrogen functional groups attached to an aromatic ring is 1. The Labute approximate surface area is 108 Å². The van der Waals surface area contributed by atoms with E-state index in [2.05, 4.69) is 4.98 Å². The summed E-state index contributed by atoms with van der Waals surface area (Å²) in [5, 5.41) is 8.84. The molecule has 0 fully saturated rings. The van der Waals surface area contributed by atoms with E-state index in [1.54, 1.807) is 0 Å². The third kappa shape index (κ3) is 3.84. The van der Waals surface area contributed by atoms with E-state index < -0.39 is 17.8 Å². The number of hydrogen-bond donors (Lipinski definition) is 4. The summed E-state index contributed by atoms with van der Waals surface area (Å²) in [5.74, 6) is -2.76. The second kappa shape index (κ2) is 5.67. The lowest BCUT2D eigenvalue weighted by Crippen LogP contribution is -2.40. The fourth-order valence-corrected chi connectivity index (χ4v) is 1.41. The molecule has 1 aromatic heterocycles. The number of rotatable bonds is 6. The van der Waals surface area contributed by atoms with E-state index in [0.29, 0.717) is 0 Å². The molecule has 0 saturated heterocycles. The van der Waals surface area contributed by atoms with Gasteiger partial charge < -0.3 is 27.2 Å². The average molecular weight is 267 g/mol. The summed E-state index contributed by atoms with van der Waals surface area (Å²) in [6.07, 6.45) is 0. The zero-order valence-electron chi connectivity index (χ0n) is 9.87. The highest BCUT2D eigenvalue weighted by Gasteiger charge is 2.18. The topological polar surface area (TPSA) is 166 Å². The largest absolute Gasteiger partial charge is 0.477 e. The van der Waals surface area contributed by atoms with Gasteiger partial charge in [-0.05, 0) is 12.1 Å². The Morgan fingerprint density at radius 1 is 1.16 bits per heavy atom. The van der Waals surface area contributed by atoms with Crippen molar-refractivity contribution in [3.63, 3.8) is 0 Å². The number of nitrogens with zero attached hydrogens (tertiary/aromatic N) is 2. The van der Waals surface area contributed by atoms with Crippen LogP contribution in [-0.4, -0.2) is 41.0 Å². The maximum Gasteiger partial charge on any atom is 0.354 e. The van der Waals surface area contributed by atoms with Crippen molar-refractivity contribution in [1.29, 1.82) is 0 Å². The van der Waals surface area contributed by atoms with Gasteiger partial charge in [-0.2, -0.15) is 0 Å². The number of primary amides is 2. The first-order valence-corrected chi connectivity index (χ1v) is 5.12. The molecule has 9 nitrogen and oxygen atoms in total. The lowest BCUT2D eigenvalue weighted by Gasteiger charge is -2.22. The summed E-state index contributed by atoms with van der Waals surface area (Å²) in [7, 11) is 0. The molecule has 9 heteroatoms. The van der Waals surface area contributed by atoms with Crippen LogP contribution in [0.25, 0.3) is 0 Å². The molecule has 0 aliphatic carbocycles. The molecule has 1 aromatic rings. The van der Waals surface area contributed by atoms with E-state index in [4.69, 9.17) is 22.3 Å². The Hall–Kier alpha value is -2.84. The Morgan fingerprint density at radius 3 is 2.11 bits per heavy atom. The van der Waals surface area contributed by atoms with Gasteiger partial charge in [0.1, 0.15) is 0 Å². The summed E-state index contributed by atoms with van der Waals surface area (Å²) >= 11 is 0. The molecule has 0 saturated carbocycles. The van der Waals surface area contributed by atoms with Gasteiger partial charge in [-0.15, -0.1) is 0 Å². The summed E-state index contributed by atoms with van der Waals surface area (Å²) in [6, 6.07) is 2.51. The van der Waals surface area contributed by atoms with E-state index >= 15 is 0 Å². The Morgan fingerprint density at radius 2 is 1.68 bits per heavy atom. The van der Waals surface area contributed by atoms with Crippen molar-refractivity contribution in [2.24, 2.45) is 11.5 Å². The number of carboxylic acids is 1. The van der Waals surface area contributed by atoms with Crippen LogP contribution in [0.1, 0.15) is 10.5 Å². The maximum absolute atomic E-state index is 10.9. The molecule has 0 atom stereocenters. The number of pyridine rings is 1. The molecular formula is C10H13N5O4. The summed E-state index contributed by atoms with van der Waals surface area (Å²) in [5.41, 5.74) is 15.5. The zero-order chi connectivity index (χ0) is 14.6. The van der Waals surface area contributed by atoms with Gasteiger partial charge in [-0.1, -0.05) is 0 Å². The van der Waals surface area contributed by atoms with Gasteiger partial charge in [0.15, 0.2) is 11.5 Å². The van der Waals surface area contributed by atoms with Gasteiger partial charge in [0.2, 0.25) is 11.8 Å². The van der Waals surface area contributed by atoms with Crippen LogP contribution in [0.3, 0.4) is 0 Å². The monoisotopic (exact) mass is 267 g/mol. The van der Waals surface area contributed by atoms with Crippen molar-refractivity contribution in [3.05, 3.63) is 17.8 Å². The number of carbonyl (C=O) groups excluding carboxylic acids is 2. The van der Waals surface area contributed by atoms with Gasteiger partial charge >= 0.3 is 5.97 Å². The number of carboxylic acid groups (broad SMARTS) is 1. The molecular weight excluding hydrogens is 254 g/mol. The van der Waals surface area contributed by atoms with Crippen molar-refractivity contribution >= 4 is 29.3 Å². The normalized spacial score (nSPS) is 9.89. The predicted octanol–water partition coefficient (Wildman–Crippen LogP) is -1.86. The van der Waals surface area contributed by atoms with Crippen molar-refractivity contribution in [2.75, 3.05) is 23.7 Å². The van der Waals surface area contributed by atoms with Gasteiger partial charge in [-0.25, -0.2) is 9.78 Å². The molecule has 1 heterocycles. The van der Waals surface area contributed by atoms with Gasteiger partial charge in [0.25, 0.3) is 0 Å². The van der Waals surface area contributed by atoms with Crippen molar-refractivity contribution in [1.82, 2.24) is 4.98 Å². The standard InChI is InChI=1S/C10H13N5O4/c11-5-1-2-6(10(18)19)14-9(5)15(3-7(12)16)4-8(13)17/h1-2H,3-4,11H2,(H2,12,16)(H2,13,17)(H,18,19). The minimum Gasteiger partial charge on any atom is -0.477 e. The van der Waals surface area contributed by atoms with Crippen LogP contribution in [-0.2, 0) is 9.59 Å². The van der Waals surface area contributed by atoms with Crippen LogP contribution < -0.4 is 22.1 Å². The highest BCUT2D eigenvalue weighted by molar-refractivity contribution is 5.89. The fourth-order valence-electron chi connectivity index (χ4n) is 1.41. The number of carbonyl (C=O) groups is 3. The van der Waals surface area contributed by atoms with Crippen molar-refractivity contribution in [2.45, 2.75) is 0 Å². The minimum atomic E-state index is -1.26. The molecule has 0 unspecified atom stereocenters.